The fourth-order valence-electron chi connectivity index (χ4n) is 1.53. The van der Waals surface area contributed by atoms with Gasteiger partial charge in [-0.2, -0.15) is 0 Å². The summed E-state index contributed by atoms with van der Waals surface area (Å²) in [5, 5.41) is 2.70. The number of nitrogens with one attached hydrogen (secondary N) is 1. The van der Waals surface area contributed by atoms with Crippen LogP contribution >= 0.6 is 15.9 Å². The number of benzene rings is 1. The van der Waals surface area contributed by atoms with Crippen LogP contribution in [0.1, 0.15) is 12.8 Å². The zero-order valence-corrected chi connectivity index (χ0v) is 10.1. The molecule has 0 radical (unpaired) electrons. The van der Waals surface area contributed by atoms with Crippen molar-refractivity contribution >= 4 is 33.4 Å². The lowest BCUT2D eigenvalue weighted by atomic mass is 10.1. The van der Waals surface area contributed by atoms with E-state index in [1.165, 1.54) is 0 Å². The molecule has 0 bridgehead atoms. The lowest BCUT2D eigenvalue weighted by molar-refractivity contribution is -0.132. The topological polar surface area (TPSA) is 72.2 Å². The van der Waals surface area contributed by atoms with Crippen LogP contribution in [-0.2, 0) is 9.59 Å². The number of nitrogens with two attached hydrogens (primary N) is 1. The first-order chi connectivity index (χ1) is 7.54. The first-order valence-corrected chi connectivity index (χ1v) is 5.71. The Morgan fingerprint density at radius 3 is 2.56 bits per heavy atom. The minimum absolute atomic E-state index is 0.307. The molecule has 1 aliphatic rings. The molecule has 0 aliphatic heterocycles. The highest BCUT2D eigenvalue weighted by molar-refractivity contribution is 9.10. The Morgan fingerprint density at radius 1 is 1.38 bits per heavy atom. The van der Waals surface area contributed by atoms with Crippen molar-refractivity contribution < 1.29 is 9.59 Å². The predicted molar refractivity (Wildman–Crippen MR) is 63.6 cm³/mol. The van der Waals surface area contributed by atoms with Crippen LogP contribution in [0, 0.1) is 5.41 Å². The number of primary amides is 1. The third-order valence-corrected chi connectivity index (χ3v) is 3.23. The molecular formula is C11H11BrN2O2. The van der Waals surface area contributed by atoms with E-state index in [0.29, 0.717) is 18.5 Å². The maximum Gasteiger partial charge on any atom is 0.240 e. The SMILES string of the molecule is NC(=O)C1(C(=O)Nc2cccc(Br)c2)CC1. The summed E-state index contributed by atoms with van der Waals surface area (Å²) in [5.41, 5.74) is 4.90. The van der Waals surface area contributed by atoms with Gasteiger partial charge in [0.1, 0.15) is 5.41 Å². The monoisotopic (exact) mass is 282 g/mol. The molecule has 1 aromatic rings. The van der Waals surface area contributed by atoms with Crippen LogP contribution in [0.15, 0.2) is 28.7 Å². The van der Waals surface area contributed by atoms with Gasteiger partial charge in [0.25, 0.3) is 0 Å². The van der Waals surface area contributed by atoms with Crippen LogP contribution in [0.4, 0.5) is 5.69 Å². The van der Waals surface area contributed by atoms with Gasteiger partial charge in [0.05, 0.1) is 0 Å². The quantitative estimate of drug-likeness (QED) is 0.828. The predicted octanol–water partition coefficient (Wildman–Crippen LogP) is 1.65. The van der Waals surface area contributed by atoms with Crippen molar-refractivity contribution in [3.63, 3.8) is 0 Å². The standard InChI is InChI=1S/C11H11BrN2O2/c12-7-2-1-3-8(6-7)14-10(16)11(4-5-11)9(13)15/h1-3,6H,4-5H2,(H2,13,15)(H,14,16). The second-order valence-corrected chi connectivity index (χ2v) is 4.83. The Bertz CT molecular complexity index is 455. The molecule has 2 rings (SSSR count). The molecule has 2 amide bonds. The number of rotatable bonds is 3. The van der Waals surface area contributed by atoms with Gasteiger partial charge in [0.15, 0.2) is 0 Å². The average Bonchev–Trinajstić information content (AvgIpc) is 2.97. The molecule has 4 nitrogen and oxygen atoms in total. The first kappa shape index (κ1) is 11.1. The second kappa shape index (κ2) is 3.90. The van der Waals surface area contributed by atoms with E-state index >= 15 is 0 Å². The molecular weight excluding hydrogens is 272 g/mol. The highest BCUT2D eigenvalue weighted by Crippen LogP contribution is 2.46. The molecule has 1 aromatic carbocycles. The van der Waals surface area contributed by atoms with Crippen molar-refractivity contribution in [3.05, 3.63) is 28.7 Å². The van der Waals surface area contributed by atoms with Gasteiger partial charge in [-0.1, -0.05) is 22.0 Å². The first-order valence-electron chi connectivity index (χ1n) is 4.91. The van der Waals surface area contributed by atoms with Crippen molar-refractivity contribution in [1.82, 2.24) is 0 Å². The van der Waals surface area contributed by atoms with Gasteiger partial charge in [0.2, 0.25) is 11.8 Å². The minimum atomic E-state index is -0.970. The normalized spacial score (nSPS) is 16.6. The average molecular weight is 283 g/mol. The van der Waals surface area contributed by atoms with E-state index in [1.807, 2.05) is 12.1 Å². The summed E-state index contributed by atoms with van der Waals surface area (Å²) in [6.07, 6.45) is 1.09. The molecule has 84 valence electrons. The number of halogens is 1. The van der Waals surface area contributed by atoms with E-state index in [1.54, 1.807) is 12.1 Å². The summed E-state index contributed by atoms with van der Waals surface area (Å²) in [7, 11) is 0. The number of hydrogen-bond donors (Lipinski definition) is 2. The molecule has 0 saturated heterocycles. The lowest BCUT2D eigenvalue weighted by Gasteiger charge is -2.11. The van der Waals surface area contributed by atoms with Gasteiger partial charge in [-0.3, -0.25) is 9.59 Å². The number of amides is 2. The van der Waals surface area contributed by atoms with Crippen molar-refractivity contribution in [2.75, 3.05) is 5.32 Å². The third kappa shape index (κ3) is 1.95. The Morgan fingerprint density at radius 2 is 2.06 bits per heavy atom. The number of hydrogen-bond acceptors (Lipinski definition) is 2. The number of carbonyl (C=O) groups excluding carboxylic acids is 2. The summed E-state index contributed by atoms with van der Waals surface area (Å²) in [5.74, 6) is -0.849. The number of anilines is 1. The maximum atomic E-state index is 11.8. The molecule has 0 heterocycles. The van der Waals surface area contributed by atoms with Gasteiger partial charge in [0, 0.05) is 10.2 Å². The fourth-order valence-corrected chi connectivity index (χ4v) is 1.93. The Kier molecular flexibility index (Phi) is 2.71. The van der Waals surface area contributed by atoms with E-state index in [0.717, 1.165) is 4.47 Å². The van der Waals surface area contributed by atoms with Crippen LogP contribution in [0.3, 0.4) is 0 Å². The van der Waals surface area contributed by atoms with Crippen molar-refractivity contribution in [1.29, 1.82) is 0 Å². The molecule has 3 N–H and O–H groups in total. The smallest absolute Gasteiger partial charge is 0.240 e. The molecule has 5 heteroatoms. The van der Waals surface area contributed by atoms with E-state index in [9.17, 15) is 9.59 Å². The summed E-state index contributed by atoms with van der Waals surface area (Å²) < 4.78 is 0.870. The summed E-state index contributed by atoms with van der Waals surface area (Å²) in [4.78, 5) is 23.0. The lowest BCUT2D eigenvalue weighted by Crippen LogP contribution is -2.36. The molecule has 0 atom stereocenters. The molecule has 1 saturated carbocycles. The van der Waals surface area contributed by atoms with E-state index in [4.69, 9.17) is 5.73 Å². The summed E-state index contributed by atoms with van der Waals surface area (Å²) in [6.45, 7) is 0. The maximum absolute atomic E-state index is 11.8. The van der Waals surface area contributed by atoms with Gasteiger partial charge in [-0.05, 0) is 31.0 Å². The Hall–Kier alpha value is -1.36. The fraction of sp³-hybridized carbons (Fsp3) is 0.273. The second-order valence-electron chi connectivity index (χ2n) is 3.91. The molecule has 0 unspecified atom stereocenters. The zero-order valence-electron chi connectivity index (χ0n) is 8.50. The Labute approximate surface area is 101 Å². The van der Waals surface area contributed by atoms with Crippen molar-refractivity contribution in [2.45, 2.75) is 12.8 Å². The zero-order chi connectivity index (χ0) is 11.8. The van der Waals surface area contributed by atoms with Crippen LogP contribution in [0.2, 0.25) is 0 Å². The third-order valence-electron chi connectivity index (χ3n) is 2.74. The molecule has 16 heavy (non-hydrogen) atoms. The van der Waals surface area contributed by atoms with Crippen molar-refractivity contribution in [2.24, 2.45) is 11.1 Å². The van der Waals surface area contributed by atoms with Gasteiger partial charge in [-0.15, -0.1) is 0 Å². The molecule has 0 aromatic heterocycles. The molecule has 1 aliphatic carbocycles. The van der Waals surface area contributed by atoms with E-state index in [2.05, 4.69) is 21.2 Å². The summed E-state index contributed by atoms with van der Waals surface area (Å²) >= 11 is 3.30. The van der Waals surface area contributed by atoms with Crippen LogP contribution in [0.25, 0.3) is 0 Å². The molecule has 0 spiro atoms. The Balaban J connectivity index is 2.11. The largest absolute Gasteiger partial charge is 0.369 e. The van der Waals surface area contributed by atoms with Crippen LogP contribution in [0.5, 0.6) is 0 Å². The molecule has 1 fully saturated rings. The highest BCUT2D eigenvalue weighted by atomic mass is 79.9. The van der Waals surface area contributed by atoms with Crippen molar-refractivity contribution in [3.8, 4) is 0 Å². The number of carbonyl (C=O) groups is 2. The van der Waals surface area contributed by atoms with Gasteiger partial charge < -0.3 is 11.1 Å². The summed E-state index contributed by atoms with van der Waals surface area (Å²) in [6, 6.07) is 7.20. The highest BCUT2D eigenvalue weighted by Gasteiger charge is 2.55. The van der Waals surface area contributed by atoms with Crippen LogP contribution in [-0.4, -0.2) is 11.8 Å². The van der Waals surface area contributed by atoms with Crippen LogP contribution < -0.4 is 11.1 Å². The van der Waals surface area contributed by atoms with E-state index < -0.39 is 11.3 Å². The van der Waals surface area contributed by atoms with Gasteiger partial charge >= 0.3 is 0 Å². The van der Waals surface area contributed by atoms with Gasteiger partial charge in [-0.25, -0.2) is 0 Å². The minimum Gasteiger partial charge on any atom is -0.369 e. The van der Waals surface area contributed by atoms with E-state index in [-0.39, 0.29) is 5.91 Å².